The van der Waals surface area contributed by atoms with Gasteiger partial charge in [0.1, 0.15) is 4.21 Å². The molecule has 0 radical (unpaired) electrons. The van der Waals surface area contributed by atoms with Crippen LogP contribution in [0.5, 0.6) is 0 Å². The largest absolute Gasteiger partial charge is 0.351 e. The van der Waals surface area contributed by atoms with Gasteiger partial charge in [-0.1, -0.05) is 19.9 Å². The van der Waals surface area contributed by atoms with Crippen LogP contribution in [0.15, 0.2) is 21.7 Å². The van der Waals surface area contributed by atoms with E-state index in [4.69, 9.17) is 5.73 Å². The minimum Gasteiger partial charge on any atom is -0.351 e. The Morgan fingerprint density at radius 3 is 2.45 bits per heavy atom. The molecule has 0 aliphatic carbocycles. The van der Waals surface area contributed by atoms with Gasteiger partial charge in [-0.25, -0.2) is 8.42 Å². The van der Waals surface area contributed by atoms with Crippen molar-refractivity contribution in [2.24, 2.45) is 11.7 Å². The van der Waals surface area contributed by atoms with Crippen molar-refractivity contribution in [2.45, 2.75) is 43.5 Å². The second kappa shape index (κ2) is 9.46. The minimum atomic E-state index is -3.65. The molecule has 22 heavy (non-hydrogen) atoms. The van der Waals surface area contributed by atoms with Gasteiger partial charge >= 0.3 is 0 Å². The zero-order valence-electron chi connectivity index (χ0n) is 12.9. The zero-order chi connectivity index (χ0) is 16.0. The number of nitrogens with one attached hydrogen (secondary N) is 2. The maximum atomic E-state index is 12.1. The molecule has 0 aliphatic rings. The van der Waals surface area contributed by atoms with Crippen LogP contribution in [0.2, 0.25) is 0 Å². The van der Waals surface area contributed by atoms with Crippen LogP contribution >= 0.6 is 23.7 Å². The summed E-state index contributed by atoms with van der Waals surface area (Å²) in [4.78, 5) is 12.1. The van der Waals surface area contributed by atoms with Crippen molar-refractivity contribution in [2.75, 3.05) is 6.54 Å². The Morgan fingerprint density at radius 1 is 1.36 bits per heavy atom. The number of hydrogen-bond donors (Lipinski definition) is 3. The van der Waals surface area contributed by atoms with Crippen LogP contribution in [0.3, 0.4) is 0 Å². The van der Waals surface area contributed by atoms with E-state index in [9.17, 15) is 13.2 Å². The van der Waals surface area contributed by atoms with E-state index in [0.717, 1.165) is 17.8 Å². The quantitative estimate of drug-likeness (QED) is 0.643. The van der Waals surface area contributed by atoms with E-state index < -0.39 is 16.1 Å². The summed E-state index contributed by atoms with van der Waals surface area (Å²) in [5, 5.41) is 4.45. The molecule has 0 saturated carbocycles. The standard InChI is InChI=1S/C13H23N3O3S2.ClH/c1-9(2)7-11(8-14)15-13(17)10(3)16-21(18,19)12-5-4-6-20-12;/h4-6,9-11,16H,7-8,14H2,1-3H3,(H,15,17);1H. The van der Waals surface area contributed by atoms with Crippen molar-refractivity contribution in [3.8, 4) is 0 Å². The summed E-state index contributed by atoms with van der Waals surface area (Å²) in [6.07, 6.45) is 0.757. The molecule has 0 bridgehead atoms. The van der Waals surface area contributed by atoms with Crippen molar-refractivity contribution in [1.29, 1.82) is 0 Å². The van der Waals surface area contributed by atoms with E-state index in [1.54, 1.807) is 11.4 Å². The van der Waals surface area contributed by atoms with Gasteiger partial charge in [-0.15, -0.1) is 23.7 Å². The summed E-state index contributed by atoms with van der Waals surface area (Å²) in [7, 11) is -3.65. The minimum absolute atomic E-state index is 0. The lowest BCUT2D eigenvalue weighted by Crippen LogP contribution is -2.50. The number of hydrogen-bond acceptors (Lipinski definition) is 5. The zero-order valence-corrected chi connectivity index (χ0v) is 15.4. The number of carbonyl (C=O) groups excluding carboxylic acids is 1. The molecule has 1 heterocycles. The van der Waals surface area contributed by atoms with E-state index in [2.05, 4.69) is 10.0 Å². The number of carbonyl (C=O) groups is 1. The molecule has 128 valence electrons. The van der Waals surface area contributed by atoms with Gasteiger partial charge in [-0.05, 0) is 30.7 Å². The average Bonchev–Trinajstić information content (AvgIpc) is 2.91. The van der Waals surface area contributed by atoms with Crippen molar-refractivity contribution < 1.29 is 13.2 Å². The summed E-state index contributed by atoms with van der Waals surface area (Å²) in [5.74, 6) is 0.0307. The van der Waals surface area contributed by atoms with Crippen molar-refractivity contribution in [1.82, 2.24) is 10.0 Å². The van der Waals surface area contributed by atoms with Crippen LogP contribution in [0.25, 0.3) is 0 Å². The van der Waals surface area contributed by atoms with E-state index in [1.165, 1.54) is 13.0 Å². The molecule has 6 nitrogen and oxygen atoms in total. The maximum Gasteiger partial charge on any atom is 0.250 e. The van der Waals surface area contributed by atoms with E-state index in [0.29, 0.717) is 12.5 Å². The van der Waals surface area contributed by atoms with Crippen LogP contribution in [0, 0.1) is 5.92 Å². The Balaban J connectivity index is 0.00000441. The number of halogens is 1. The Hall–Kier alpha value is -0.670. The van der Waals surface area contributed by atoms with Crippen LogP contribution < -0.4 is 15.8 Å². The molecular weight excluding hydrogens is 346 g/mol. The second-order valence-corrected chi connectivity index (χ2v) is 8.23. The molecule has 4 N–H and O–H groups in total. The molecule has 2 atom stereocenters. The number of sulfonamides is 1. The molecular formula is C13H24ClN3O3S2. The van der Waals surface area contributed by atoms with Gasteiger partial charge in [-0.2, -0.15) is 4.72 Å². The molecule has 2 unspecified atom stereocenters. The molecule has 0 spiro atoms. The van der Waals surface area contributed by atoms with Crippen LogP contribution in [-0.2, 0) is 14.8 Å². The second-order valence-electron chi connectivity index (χ2n) is 5.35. The first-order valence-electron chi connectivity index (χ1n) is 6.82. The Labute approximate surface area is 142 Å². The van der Waals surface area contributed by atoms with E-state index in [1.807, 2.05) is 13.8 Å². The average molecular weight is 370 g/mol. The van der Waals surface area contributed by atoms with Crippen molar-refractivity contribution in [3.63, 3.8) is 0 Å². The molecule has 9 heteroatoms. The fourth-order valence-corrected chi connectivity index (χ4v) is 4.08. The predicted molar refractivity (Wildman–Crippen MR) is 91.8 cm³/mol. The van der Waals surface area contributed by atoms with Crippen LogP contribution in [0.1, 0.15) is 27.2 Å². The summed E-state index contributed by atoms with van der Waals surface area (Å²) < 4.78 is 26.6. The van der Waals surface area contributed by atoms with Gasteiger partial charge in [0.05, 0.1) is 6.04 Å². The Morgan fingerprint density at radius 2 is 2.00 bits per heavy atom. The van der Waals surface area contributed by atoms with E-state index >= 15 is 0 Å². The lowest BCUT2D eigenvalue weighted by atomic mass is 10.0. The van der Waals surface area contributed by atoms with Gasteiger partial charge in [0.15, 0.2) is 0 Å². The number of amides is 1. The molecule has 1 amide bonds. The van der Waals surface area contributed by atoms with Crippen LogP contribution in [-0.4, -0.2) is 33.0 Å². The van der Waals surface area contributed by atoms with Gasteiger partial charge in [0, 0.05) is 12.6 Å². The van der Waals surface area contributed by atoms with Gasteiger partial charge in [-0.3, -0.25) is 4.79 Å². The number of nitrogens with two attached hydrogens (primary N) is 1. The van der Waals surface area contributed by atoms with Crippen LogP contribution in [0.4, 0.5) is 0 Å². The molecule has 1 rings (SSSR count). The third kappa shape index (κ3) is 6.62. The highest BCUT2D eigenvalue weighted by Gasteiger charge is 2.24. The summed E-state index contributed by atoms with van der Waals surface area (Å²) in [5.41, 5.74) is 5.62. The van der Waals surface area contributed by atoms with Gasteiger partial charge < -0.3 is 11.1 Å². The van der Waals surface area contributed by atoms with Gasteiger partial charge in [0.25, 0.3) is 10.0 Å². The molecule has 1 aromatic rings. The van der Waals surface area contributed by atoms with Crippen molar-refractivity contribution >= 4 is 39.7 Å². The smallest absolute Gasteiger partial charge is 0.250 e. The van der Waals surface area contributed by atoms with Crippen molar-refractivity contribution in [3.05, 3.63) is 17.5 Å². The fraction of sp³-hybridized carbons (Fsp3) is 0.615. The first-order valence-corrected chi connectivity index (χ1v) is 9.18. The predicted octanol–water partition coefficient (Wildman–Crippen LogP) is 1.33. The highest BCUT2D eigenvalue weighted by Crippen LogP contribution is 2.15. The summed E-state index contributed by atoms with van der Waals surface area (Å²) >= 11 is 1.11. The maximum absolute atomic E-state index is 12.1. The first kappa shape index (κ1) is 21.3. The SMILES string of the molecule is CC(C)CC(CN)NC(=O)C(C)NS(=O)(=O)c1cccs1.Cl. The fourth-order valence-electron chi connectivity index (χ4n) is 1.87. The molecule has 0 saturated heterocycles. The molecule has 0 aliphatic heterocycles. The highest BCUT2D eigenvalue weighted by atomic mass is 35.5. The Bertz CT molecular complexity index is 547. The lowest BCUT2D eigenvalue weighted by Gasteiger charge is -2.21. The third-order valence-corrected chi connectivity index (χ3v) is 5.81. The summed E-state index contributed by atoms with van der Waals surface area (Å²) in [6, 6.07) is 2.15. The third-order valence-electron chi connectivity index (χ3n) is 2.87. The molecule has 0 aromatic carbocycles. The molecule has 0 fully saturated rings. The summed E-state index contributed by atoms with van der Waals surface area (Å²) in [6.45, 7) is 5.92. The number of thiophene rings is 1. The topological polar surface area (TPSA) is 101 Å². The highest BCUT2D eigenvalue weighted by molar-refractivity contribution is 7.91. The first-order chi connectivity index (χ1) is 9.76. The normalized spacial score (nSPS) is 14.2. The van der Waals surface area contributed by atoms with Gasteiger partial charge in [0.2, 0.25) is 5.91 Å². The lowest BCUT2D eigenvalue weighted by molar-refractivity contribution is -0.123. The monoisotopic (exact) mass is 369 g/mol. The number of rotatable bonds is 8. The Kier molecular flexibility index (Phi) is 9.18. The molecule has 1 aromatic heterocycles. The van der Waals surface area contributed by atoms with E-state index in [-0.39, 0.29) is 28.6 Å².